The summed E-state index contributed by atoms with van der Waals surface area (Å²) in [6.45, 7) is 7.28. The molecule has 19 heavy (non-hydrogen) atoms. The lowest BCUT2D eigenvalue weighted by Gasteiger charge is -2.21. The van der Waals surface area contributed by atoms with Gasteiger partial charge in [-0.25, -0.2) is 0 Å². The Bertz CT molecular complexity index is 454. The molecule has 1 aliphatic heterocycles. The maximum atomic E-state index is 12.2. The maximum Gasteiger partial charge on any atom is 0.225 e. The predicted molar refractivity (Wildman–Crippen MR) is 72.3 cm³/mol. The number of aryl methyl sites for hydroxylation is 1. The van der Waals surface area contributed by atoms with Gasteiger partial charge in [0, 0.05) is 19.5 Å². The normalized spacial score (nSPS) is 17.3. The molecule has 0 spiro atoms. The molecule has 6 nitrogen and oxygen atoms in total. The minimum atomic E-state index is -0.150. The minimum absolute atomic E-state index is 0.000321. The van der Waals surface area contributed by atoms with Gasteiger partial charge in [0.1, 0.15) is 5.82 Å². The van der Waals surface area contributed by atoms with Crippen molar-refractivity contribution in [2.24, 2.45) is 17.6 Å². The van der Waals surface area contributed by atoms with Crippen molar-refractivity contribution in [1.29, 1.82) is 0 Å². The molecule has 0 aromatic carbocycles. The Hall–Kier alpha value is -1.43. The Balaban J connectivity index is 2.04. The van der Waals surface area contributed by atoms with E-state index in [1.54, 1.807) is 0 Å². The molecule has 2 heterocycles. The number of amides is 1. The lowest BCUT2D eigenvalue weighted by Crippen LogP contribution is -2.39. The third kappa shape index (κ3) is 2.78. The highest BCUT2D eigenvalue weighted by molar-refractivity contribution is 5.79. The lowest BCUT2D eigenvalue weighted by atomic mass is 9.95. The fourth-order valence-corrected chi connectivity index (χ4v) is 2.56. The van der Waals surface area contributed by atoms with Crippen molar-refractivity contribution in [2.75, 3.05) is 6.54 Å². The van der Waals surface area contributed by atoms with Gasteiger partial charge in [-0.1, -0.05) is 13.8 Å². The SMILES string of the molecule is CC(NC(=O)C(CN)C(C)C)c1nnc2n1CCC2. The van der Waals surface area contributed by atoms with Crippen LogP contribution in [-0.2, 0) is 17.8 Å². The van der Waals surface area contributed by atoms with E-state index in [0.717, 1.165) is 31.0 Å². The zero-order chi connectivity index (χ0) is 14.0. The van der Waals surface area contributed by atoms with Crippen LogP contribution in [0.4, 0.5) is 0 Å². The molecule has 1 aliphatic rings. The van der Waals surface area contributed by atoms with Crippen LogP contribution in [0.5, 0.6) is 0 Å². The number of hydrogen-bond donors (Lipinski definition) is 2. The van der Waals surface area contributed by atoms with Crippen LogP contribution in [0.3, 0.4) is 0 Å². The molecule has 3 N–H and O–H groups in total. The second-order valence-electron chi connectivity index (χ2n) is 5.55. The van der Waals surface area contributed by atoms with E-state index in [4.69, 9.17) is 5.73 Å². The van der Waals surface area contributed by atoms with Crippen LogP contribution in [-0.4, -0.2) is 27.2 Å². The fourth-order valence-electron chi connectivity index (χ4n) is 2.56. The van der Waals surface area contributed by atoms with Crippen molar-refractivity contribution in [1.82, 2.24) is 20.1 Å². The van der Waals surface area contributed by atoms with Crippen molar-refractivity contribution in [3.63, 3.8) is 0 Å². The van der Waals surface area contributed by atoms with Gasteiger partial charge in [-0.05, 0) is 19.3 Å². The highest BCUT2D eigenvalue weighted by Gasteiger charge is 2.26. The van der Waals surface area contributed by atoms with Crippen molar-refractivity contribution < 1.29 is 4.79 Å². The summed E-state index contributed by atoms with van der Waals surface area (Å²) in [7, 11) is 0. The first-order valence-corrected chi connectivity index (χ1v) is 6.97. The molecule has 0 saturated heterocycles. The van der Waals surface area contributed by atoms with Crippen molar-refractivity contribution in [2.45, 2.75) is 46.2 Å². The highest BCUT2D eigenvalue weighted by atomic mass is 16.2. The summed E-state index contributed by atoms with van der Waals surface area (Å²) >= 11 is 0. The molecule has 0 bridgehead atoms. The number of aromatic nitrogens is 3. The van der Waals surface area contributed by atoms with Crippen LogP contribution >= 0.6 is 0 Å². The Morgan fingerprint density at radius 3 is 2.79 bits per heavy atom. The molecule has 2 atom stereocenters. The number of hydrogen-bond acceptors (Lipinski definition) is 4. The molecule has 0 fully saturated rings. The van der Waals surface area contributed by atoms with Gasteiger partial charge >= 0.3 is 0 Å². The van der Waals surface area contributed by atoms with E-state index in [1.807, 2.05) is 20.8 Å². The summed E-state index contributed by atoms with van der Waals surface area (Å²) in [5, 5.41) is 11.4. The smallest absolute Gasteiger partial charge is 0.225 e. The van der Waals surface area contributed by atoms with E-state index in [0.29, 0.717) is 6.54 Å². The third-order valence-electron chi connectivity index (χ3n) is 3.78. The van der Waals surface area contributed by atoms with E-state index >= 15 is 0 Å². The predicted octanol–water partition coefficient (Wildman–Crippen LogP) is 0.632. The van der Waals surface area contributed by atoms with Gasteiger partial charge in [-0.3, -0.25) is 4.79 Å². The minimum Gasteiger partial charge on any atom is -0.346 e. The Labute approximate surface area is 113 Å². The summed E-state index contributed by atoms with van der Waals surface area (Å²) in [4.78, 5) is 12.2. The van der Waals surface area contributed by atoms with Crippen LogP contribution in [0.1, 0.15) is 44.9 Å². The van der Waals surface area contributed by atoms with Crippen molar-refractivity contribution in [3.8, 4) is 0 Å². The third-order valence-corrected chi connectivity index (χ3v) is 3.78. The van der Waals surface area contributed by atoms with Crippen molar-refractivity contribution in [3.05, 3.63) is 11.6 Å². The molecule has 1 amide bonds. The summed E-state index contributed by atoms with van der Waals surface area (Å²) in [6.07, 6.45) is 2.08. The van der Waals surface area contributed by atoms with Crippen LogP contribution in [0, 0.1) is 11.8 Å². The molecule has 1 aromatic heterocycles. The molecule has 2 unspecified atom stereocenters. The standard InChI is InChI=1S/C13H23N5O/c1-8(2)10(7-14)13(19)15-9(3)12-17-16-11-5-4-6-18(11)12/h8-10H,4-7,14H2,1-3H3,(H,15,19). The number of fused-ring (bicyclic) bond motifs is 1. The fraction of sp³-hybridized carbons (Fsp3) is 0.769. The first-order valence-electron chi connectivity index (χ1n) is 6.97. The molecule has 0 saturated carbocycles. The largest absolute Gasteiger partial charge is 0.346 e. The molecular formula is C13H23N5O. The molecule has 2 rings (SSSR count). The van der Waals surface area contributed by atoms with Gasteiger partial charge in [-0.2, -0.15) is 0 Å². The van der Waals surface area contributed by atoms with E-state index < -0.39 is 0 Å². The summed E-state index contributed by atoms with van der Waals surface area (Å²) in [5.74, 6) is 1.96. The molecule has 106 valence electrons. The van der Waals surface area contributed by atoms with Gasteiger partial charge in [0.05, 0.1) is 12.0 Å². The highest BCUT2D eigenvalue weighted by Crippen LogP contribution is 2.19. The summed E-state index contributed by atoms with van der Waals surface area (Å²) < 4.78 is 2.11. The molecule has 1 aromatic rings. The average molecular weight is 265 g/mol. The quantitative estimate of drug-likeness (QED) is 0.817. The Morgan fingerprint density at radius 2 is 2.16 bits per heavy atom. The van der Waals surface area contributed by atoms with E-state index in [2.05, 4.69) is 20.1 Å². The van der Waals surface area contributed by atoms with E-state index in [9.17, 15) is 4.79 Å². The van der Waals surface area contributed by atoms with E-state index in [-0.39, 0.29) is 23.8 Å². The topological polar surface area (TPSA) is 85.8 Å². The number of nitrogens with two attached hydrogens (primary N) is 1. The van der Waals surface area contributed by atoms with Crippen LogP contribution < -0.4 is 11.1 Å². The summed E-state index contributed by atoms with van der Waals surface area (Å²) in [5.41, 5.74) is 5.67. The number of rotatable bonds is 5. The van der Waals surface area contributed by atoms with Crippen LogP contribution in [0.15, 0.2) is 0 Å². The van der Waals surface area contributed by atoms with Gasteiger partial charge < -0.3 is 15.6 Å². The van der Waals surface area contributed by atoms with Gasteiger partial charge in [0.15, 0.2) is 5.82 Å². The molecule has 6 heteroatoms. The Morgan fingerprint density at radius 1 is 1.42 bits per heavy atom. The zero-order valence-corrected chi connectivity index (χ0v) is 11.9. The number of carbonyl (C=O) groups excluding carboxylic acids is 1. The number of nitrogens with one attached hydrogen (secondary N) is 1. The second-order valence-corrected chi connectivity index (χ2v) is 5.55. The number of carbonyl (C=O) groups is 1. The average Bonchev–Trinajstić information content (AvgIpc) is 2.89. The lowest BCUT2D eigenvalue weighted by molar-refractivity contribution is -0.126. The van der Waals surface area contributed by atoms with Crippen LogP contribution in [0.2, 0.25) is 0 Å². The molecule has 0 radical (unpaired) electrons. The first kappa shape index (κ1) is 14.0. The van der Waals surface area contributed by atoms with Crippen molar-refractivity contribution >= 4 is 5.91 Å². The van der Waals surface area contributed by atoms with Gasteiger partial charge in [0.25, 0.3) is 0 Å². The first-order chi connectivity index (χ1) is 9.04. The van der Waals surface area contributed by atoms with Crippen LogP contribution in [0.25, 0.3) is 0 Å². The summed E-state index contributed by atoms with van der Waals surface area (Å²) in [6, 6.07) is -0.125. The number of nitrogens with zero attached hydrogens (tertiary/aromatic N) is 3. The van der Waals surface area contributed by atoms with Gasteiger partial charge in [0.2, 0.25) is 5.91 Å². The Kier molecular flexibility index (Phi) is 4.19. The van der Waals surface area contributed by atoms with Gasteiger partial charge in [-0.15, -0.1) is 10.2 Å². The van der Waals surface area contributed by atoms with E-state index in [1.165, 1.54) is 0 Å². The zero-order valence-electron chi connectivity index (χ0n) is 11.9. The monoisotopic (exact) mass is 265 g/mol. The maximum absolute atomic E-state index is 12.2. The molecular weight excluding hydrogens is 242 g/mol. The molecule has 0 aliphatic carbocycles. The second kappa shape index (κ2) is 5.69.